The maximum atomic E-state index is 12.5. The number of hydrogen-bond donors (Lipinski definition) is 1. The minimum atomic E-state index is -0.0911. The molecule has 1 amide bonds. The third-order valence-electron chi connectivity index (χ3n) is 7.14. The first-order valence-corrected chi connectivity index (χ1v) is 12.7. The Kier molecular flexibility index (Phi) is 7.13. The number of rotatable bonds is 7. The molecule has 1 saturated heterocycles. The molecule has 2 aromatic rings. The first-order chi connectivity index (χ1) is 15.5. The average molecular weight is 455 g/mol. The number of methoxy groups -OCH3 is 2. The number of carbonyl (C=O) groups excluding carboxylic acids is 1. The summed E-state index contributed by atoms with van der Waals surface area (Å²) in [5.41, 5.74) is 4.99. The van der Waals surface area contributed by atoms with Crippen molar-refractivity contribution in [3.63, 3.8) is 0 Å². The van der Waals surface area contributed by atoms with Gasteiger partial charge >= 0.3 is 0 Å². The minimum Gasteiger partial charge on any atom is -0.496 e. The van der Waals surface area contributed by atoms with E-state index in [1.807, 2.05) is 6.26 Å². The third-order valence-corrected chi connectivity index (χ3v) is 7.69. The van der Waals surface area contributed by atoms with E-state index in [9.17, 15) is 4.79 Å². The number of fused-ring (bicyclic) bond motifs is 2. The van der Waals surface area contributed by atoms with Gasteiger partial charge in [0, 0.05) is 19.1 Å². The number of amides is 1. The summed E-state index contributed by atoms with van der Waals surface area (Å²) in [4.78, 5) is 15.0. The van der Waals surface area contributed by atoms with Crippen LogP contribution < -0.4 is 10.1 Å². The number of nitrogens with zero attached hydrogens (tertiary/aromatic N) is 1. The molecule has 0 radical (unpaired) electrons. The Morgan fingerprint density at radius 3 is 2.59 bits per heavy atom. The van der Waals surface area contributed by atoms with Crippen LogP contribution in [-0.4, -0.2) is 56.2 Å². The van der Waals surface area contributed by atoms with E-state index in [-0.39, 0.29) is 23.5 Å². The van der Waals surface area contributed by atoms with Crippen molar-refractivity contribution < 1.29 is 14.3 Å². The van der Waals surface area contributed by atoms with Crippen molar-refractivity contribution in [1.82, 2.24) is 10.2 Å². The van der Waals surface area contributed by atoms with Crippen molar-refractivity contribution in [2.45, 2.75) is 43.9 Å². The van der Waals surface area contributed by atoms with Gasteiger partial charge in [-0.2, -0.15) is 11.8 Å². The molecule has 2 aliphatic rings. The molecule has 5 nitrogen and oxygen atoms in total. The van der Waals surface area contributed by atoms with Crippen LogP contribution in [0, 0.1) is 6.92 Å². The summed E-state index contributed by atoms with van der Waals surface area (Å²) in [6.45, 7) is 5.04. The molecule has 2 atom stereocenters. The molecule has 1 spiro atoms. The van der Waals surface area contributed by atoms with Gasteiger partial charge in [-0.15, -0.1) is 0 Å². The van der Waals surface area contributed by atoms with Crippen molar-refractivity contribution >= 4 is 17.7 Å². The number of thioether (sulfide) groups is 1. The molecule has 1 heterocycles. The number of likely N-dealkylation sites (tertiary alicyclic amines) is 1. The summed E-state index contributed by atoms with van der Waals surface area (Å²) >= 11 is 1.55. The van der Waals surface area contributed by atoms with Gasteiger partial charge in [-0.05, 0) is 67.4 Å². The Morgan fingerprint density at radius 2 is 1.94 bits per heavy atom. The largest absolute Gasteiger partial charge is 0.496 e. The van der Waals surface area contributed by atoms with Gasteiger partial charge in [0.1, 0.15) is 5.75 Å². The molecule has 1 fully saturated rings. The van der Waals surface area contributed by atoms with Crippen LogP contribution in [-0.2, 0) is 21.5 Å². The van der Waals surface area contributed by atoms with Gasteiger partial charge in [-0.3, -0.25) is 9.69 Å². The lowest BCUT2D eigenvalue weighted by Crippen LogP contribution is -2.50. The normalized spacial score (nSPS) is 22.0. The van der Waals surface area contributed by atoms with E-state index in [1.165, 1.54) is 22.3 Å². The summed E-state index contributed by atoms with van der Waals surface area (Å²) in [6.07, 6.45) is 3.95. The molecular weight excluding hydrogens is 420 g/mol. The van der Waals surface area contributed by atoms with Gasteiger partial charge in [0.15, 0.2) is 0 Å². The van der Waals surface area contributed by atoms with Gasteiger partial charge in [-0.1, -0.05) is 36.4 Å². The molecule has 1 aliphatic carbocycles. The maximum absolute atomic E-state index is 12.5. The molecule has 2 aromatic carbocycles. The molecule has 0 bridgehead atoms. The maximum Gasteiger partial charge on any atom is 0.230 e. The number of benzene rings is 2. The molecule has 0 aromatic heterocycles. The Bertz CT molecular complexity index is 956. The lowest BCUT2D eigenvalue weighted by atomic mass is 9.72. The second-order valence-electron chi connectivity index (χ2n) is 8.96. The lowest BCUT2D eigenvalue weighted by Gasteiger charge is -2.44. The van der Waals surface area contributed by atoms with Crippen molar-refractivity contribution in [2.24, 2.45) is 0 Å². The zero-order chi connectivity index (χ0) is 22.7. The number of ether oxygens (including phenoxy) is 2. The molecule has 0 unspecified atom stereocenters. The number of aryl methyl sites for hydroxylation is 1. The fourth-order valence-electron chi connectivity index (χ4n) is 5.68. The van der Waals surface area contributed by atoms with Gasteiger partial charge < -0.3 is 14.8 Å². The number of nitrogens with one attached hydrogen (secondary N) is 1. The molecule has 32 heavy (non-hydrogen) atoms. The Balaban J connectivity index is 1.52. The molecular formula is C26H34N2O3S. The lowest BCUT2D eigenvalue weighted by molar-refractivity contribution is -0.121. The summed E-state index contributed by atoms with van der Waals surface area (Å²) in [6, 6.07) is 14.9. The van der Waals surface area contributed by atoms with Crippen LogP contribution in [0.15, 0.2) is 42.5 Å². The predicted molar refractivity (Wildman–Crippen MR) is 130 cm³/mol. The third kappa shape index (κ3) is 4.28. The summed E-state index contributed by atoms with van der Waals surface area (Å²) in [7, 11) is 3.51. The molecule has 172 valence electrons. The average Bonchev–Trinajstić information content (AvgIpc) is 3.04. The smallest absolute Gasteiger partial charge is 0.230 e. The van der Waals surface area contributed by atoms with Gasteiger partial charge in [0.25, 0.3) is 0 Å². The highest BCUT2D eigenvalue weighted by molar-refractivity contribution is 7.99. The second-order valence-corrected chi connectivity index (χ2v) is 9.82. The van der Waals surface area contributed by atoms with Gasteiger partial charge in [-0.25, -0.2) is 0 Å². The fourth-order valence-corrected chi connectivity index (χ4v) is 6.02. The Morgan fingerprint density at radius 1 is 1.19 bits per heavy atom. The number of carbonyl (C=O) groups is 1. The monoisotopic (exact) mass is 454 g/mol. The standard InChI is InChI=1S/C26H34N2O3S/c1-18-15-19(9-10-22(18)30-2)16-28-13-11-26(12-14-28)21-8-6-5-7-20(21)24(25(26)31-3)27-23(29)17-32-4/h5-10,15,24-25H,11-14,16-17H2,1-4H3,(H,27,29)/t24-,25+/m1/s1. The van der Waals surface area contributed by atoms with Crippen molar-refractivity contribution in [3.05, 3.63) is 64.7 Å². The summed E-state index contributed by atoms with van der Waals surface area (Å²) < 4.78 is 11.5. The van der Waals surface area contributed by atoms with E-state index in [1.54, 1.807) is 26.0 Å². The van der Waals surface area contributed by atoms with Crippen molar-refractivity contribution in [2.75, 3.05) is 39.3 Å². The quantitative estimate of drug-likeness (QED) is 0.683. The van der Waals surface area contributed by atoms with Crippen LogP contribution in [0.3, 0.4) is 0 Å². The van der Waals surface area contributed by atoms with Crippen molar-refractivity contribution in [3.8, 4) is 5.75 Å². The molecule has 1 aliphatic heterocycles. The van der Waals surface area contributed by atoms with Crippen LogP contribution in [0.5, 0.6) is 5.75 Å². The number of hydrogen-bond acceptors (Lipinski definition) is 5. The van der Waals surface area contributed by atoms with Crippen LogP contribution >= 0.6 is 11.8 Å². The molecule has 0 saturated carbocycles. The SMILES string of the molecule is COc1ccc(CN2CCC3(CC2)c2ccccc2[C@@H](NC(=O)CSC)[C@@H]3OC)cc1C. The van der Waals surface area contributed by atoms with Crippen LogP contribution in [0.4, 0.5) is 0 Å². The van der Waals surface area contributed by atoms with E-state index in [0.717, 1.165) is 38.2 Å². The molecule has 4 rings (SSSR count). The highest BCUT2D eigenvalue weighted by atomic mass is 32.2. The van der Waals surface area contributed by atoms with Crippen molar-refractivity contribution in [1.29, 1.82) is 0 Å². The Labute approximate surface area is 195 Å². The van der Waals surface area contributed by atoms with E-state index >= 15 is 0 Å². The van der Waals surface area contributed by atoms with Gasteiger partial charge in [0.05, 0.1) is 25.0 Å². The van der Waals surface area contributed by atoms with E-state index in [4.69, 9.17) is 9.47 Å². The zero-order valence-corrected chi connectivity index (χ0v) is 20.3. The van der Waals surface area contributed by atoms with Gasteiger partial charge in [0.2, 0.25) is 5.91 Å². The predicted octanol–water partition coefficient (Wildman–Crippen LogP) is 4.09. The molecule has 6 heteroatoms. The summed E-state index contributed by atoms with van der Waals surface area (Å²) in [5.74, 6) is 1.48. The fraction of sp³-hybridized carbons (Fsp3) is 0.500. The second kappa shape index (κ2) is 9.86. The summed E-state index contributed by atoms with van der Waals surface area (Å²) in [5, 5.41) is 3.27. The topological polar surface area (TPSA) is 50.8 Å². The first kappa shape index (κ1) is 23.1. The minimum absolute atomic E-state index is 0.0453. The van der Waals surface area contributed by atoms with Crippen LogP contribution in [0.25, 0.3) is 0 Å². The number of piperidine rings is 1. The first-order valence-electron chi connectivity index (χ1n) is 11.3. The molecule has 1 N–H and O–H groups in total. The van der Waals surface area contributed by atoms with E-state index in [2.05, 4.69) is 59.6 Å². The zero-order valence-electron chi connectivity index (χ0n) is 19.5. The van der Waals surface area contributed by atoms with E-state index < -0.39 is 0 Å². The van der Waals surface area contributed by atoms with Crippen LogP contribution in [0.2, 0.25) is 0 Å². The Hall–Kier alpha value is -2.02. The van der Waals surface area contributed by atoms with Crippen LogP contribution in [0.1, 0.15) is 41.1 Å². The van der Waals surface area contributed by atoms with E-state index in [0.29, 0.717) is 5.75 Å². The highest BCUT2D eigenvalue weighted by Crippen LogP contribution is 2.52. The highest BCUT2D eigenvalue weighted by Gasteiger charge is 2.53.